The molecule has 0 radical (unpaired) electrons. The van der Waals surface area contributed by atoms with Gasteiger partial charge in [0, 0.05) is 25.5 Å². The van der Waals surface area contributed by atoms with Crippen LogP contribution in [0.5, 0.6) is 0 Å². The number of nitrogen functional groups attached to an aromatic ring is 1. The highest BCUT2D eigenvalue weighted by Crippen LogP contribution is 2.23. The highest BCUT2D eigenvalue weighted by Gasteiger charge is 2.22. The summed E-state index contributed by atoms with van der Waals surface area (Å²) in [5, 5.41) is 0. The molecule has 0 saturated heterocycles. The Bertz CT molecular complexity index is 682. The summed E-state index contributed by atoms with van der Waals surface area (Å²) < 4.78 is 0. The number of anilines is 1. The molecule has 0 saturated carbocycles. The molecule has 21 heavy (non-hydrogen) atoms. The molecular formula is C16H16N4O. The predicted molar refractivity (Wildman–Crippen MR) is 81.4 cm³/mol. The molecule has 1 aromatic carbocycles. The molecular weight excluding hydrogens is 264 g/mol. The Morgan fingerprint density at radius 2 is 1.90 bits per heavy atom. The number of rotatable bonds is 2. The molecule has 106 valence electrons. The minimum Gasteiger partial charge on any atom is -0.382 e. The van der Waals surface area contributed by atoms with Crippen LogP contribution < -0.4 is 5.73 Å². The number of hydrogen-bond acceptors (Lipinski definition) is 4. The van der Waals surface area contributed by atoms with Crippen LogP contribution in [0.1, 0.15) is 22.5 Å². The summed E-state index contributed by atoms with van der Waals surface area (Å²) >= 11 is 0. The van der Waals surface area contributed by atoms with Gasteiger partial charge in [0.15, 0.2) is 11.5 Å². The van der Waals surface area contributed by atoms with E-state index in [1.807, 2.05) is 18.2 Å². The maximum Gasteiger partial charge on any atom is 0.276 e. The molecule has 2 N–H and O–H groups in total. The van der Waals surface area contributed by atoms with Crippen LogP contribution in [0.2, 0.25) is 0 Å². The smallest absolute Gasteiger partial charge is 0.276 e. The molecule has 1 amide bonds. The molecule has 5 nitrogen and oxygen atoms in total. The van der Waals surface area contributed by atoms with Crippen molar-refractivity contribution in [2.24, 2.45) is 0 Å². The van der Waals surface area contributed by atoms with E-state index in [0.29, 0.717) is 13.1 Å². The average Bonchev–Trinajstić information content (AvgIpc) is 2.56. The van der Waals surface area contributed by atoms with E-state index in [-0.39, 0.29) is 17.4 Å². The molecule has 1 aromatic heterocycles. The Morgan fingerprint density at radius 3 is 2.57 bits per heavy atom. The van der Waals surface area contributed by atoms with Gasteiger partial charge in [-0.05, 0) is 17.6 Å². The van der Waals surface area contributed by atoms with Gasteiger partial charge in [-0.25, -0.2) is 9.97 Å². The molecule has 3 rings (SSSR count). The number of amides is 1. The first kappa shape index (κ1) is 13.3. The first-order valence-corrected chi connectivity index (χ1v) is 6.86. The highest BCUT2D eigenvalue weighted by atomic mass is 16.2. The van der Waals surface area contributed by atoms with E-state index in [1.54, 1.807) is 4.90 Å². The van der Waals surface area contributed by atoms with Gasteiger partial charge in [-0.3, -0.25) is 4.79 Å². The van der Waals surface area contributed by atoms with E-state index in [2.05, 4.69) is 28.2 Å². The van der Waals surface area contributed by atoms with E-state index in [4.69, 9.17) is 5.73 Å². The Labute approximate surface area is 123 Å². The van der Waals surface area contributed by atoms with Crippen molar-refractivity contribution < 1.29 is 4.79 Å². The molecule has 0 aliphatic carbocycles. The van der Waals surface area contributed by atoms with Crippen molar-refractivity contribution in [3.05, 3.63) is 60.1 Å². The van der Waals surface area contributed by atoms with Crippen LogP contribution in [-0.4, -0.2) is 33.9 Å². The molecule has 0 spiro atoms. The first-order chi connectivity index (χ1) is 10.3. The van der Waals surface area contributed by atoms with Crippen molar-refractivity contribution in [3.8, 4) is 0 Å². The number of carbonyl (C=O) groups excluding carboxylic acids is 1. The molecule has 0 unspecified atom stereocenters. The van der Waals surface area contributed by atoms with Gasteiger partial charge in [0.05, 0.1) is 0 Å². The maximum absolute atomic E-state index is 12.4. The quantitative estimate of drug-likeness (QED) is 0.913. The number of hydrogen-bond donors (Lipinski definition) is 1. The second-order valence-electron chi connectivity index (χ2n) is 4.89. The summed E-state index contributed by atoms with van der Waals surface area (Å²) in [6.45, 7) is 1.23. The lowest BCUT2D eigenvalue weighted by molar-refractivity contribution is 0.0768. The third-order valence-corrected chi connectivity index (χ3v) is 3.57. The number of carbonyl (C=O) groups is 1. The van der Waals surface area contributed by atoms with Crippen LogP contribution in [0.3, 0.4) is 0 Å². The minimum atomic E-state index is -0.163. The van der Waals surface area contributed by atoms with Crippen molar-refractivity contribution in [2.45, 2.75) is 6.42 Å². The van der Waals surface area contributed by atoms with Crippen LogP contribution in [0.25, 0.3) is 5.57 Å². The molecule has 0 atom stereocenters. The van der Waals surface area contributed by atoms with Crippen molar-refractivity contribution >= 4 is 17.3 Å². The van der Waals surface area contributed by atoms with Gasteiger partial charge in [0.1, 0.15) is 0 Å². The molecule has 5 heteroatoms. The van der Waals surface area contributed by atoms with Crippen LogP contribution in [0, 0.1) is 0 Å². The van der Waals surface area contributed by atoms with Crippen LogP contribution >= 0.6 is 0 Å². The lowest BCUT2D eigenvalue weighted by Crippen LogP contribution is -2.35. The number of nitrogens with two attached hydrogens (primary N) is 1. The number of nitrogens with zero attached hydrogens (tertiary/aromatic N) is 3. The fraction of sp³-hybridized carbons (Fsp3) is 0.188. The minimum absolute atomic E-state index is 0.163. The van der Waals surface area contributed by atoms with Gasteiger partial charge in [0.2, 0.25) is 0 Å². The van der Waals surface area contributed by atoms with Gasteiger partial charge in [0.25, 0.3) is 5.91 Å². The summed E-state index contributed by atoms with van der Waals surface area (Å²) in [4.78, 5) is 22.1. The molecule has 1 aliphatic rings. The average molecular weight is 280 g/mol. The zero-order valence-corrected chi connectivity index (χ0v) is 11.6. The molecule has 1 aliphatic heterocycles. The molecule has 0 fully saturated rings. The summed E-state index contributed by atoms with van der Waals surface area (Å²) in [5.74, 6) is 0.0179. The monoisotopic (exact) mass is 280 g/mol. The van der Waals surface area contributed by atoms with Crippen LogP contribution in [0.4, 0.5) is 5.82 Å². The standard InChI is InChI=1S/C16H16N4O/c17-15-14(18-8-9-19-15)16(21)20-10-6-13(7-11-20)12-4-2-1-3-5-12/h1-6,8-9H,7,10-11H2,(H2,17,19). The SMILES string of the molecule is Nc1nccnc1C(=O)N1CC=C(c2ccccc2)CC1. The van der Waals surface area contributed by atoms with E-state index >= 15 is 0 Å². The van der Waals surface area contributed by atoms with E-state index in [1.165, 1.54) is 23.5 Å². The van der Waals surface area contributed by atoms with Gasteiger partial charge in [-0.1, -0.05) is 36.4 Å². The summed E-state index contributed by atoms with van der Waals surface area (Å²) in [7, 11) is 0. The zero-order valence-electron chi connectivity index (χ0n) is 11.6. The predicted octanol–water partition coefficient (Wildman–Crippen LogP) is 1.99. The highest BCUT2D eigenvalue weighted by molar-refractivity contribution is 5.96. The topological polar surface area (TPSA) is 72.1 Å². The normalized spacial score (nSPS) is 14.7. The Morgan fingerprint density at radius 1 is 1.14 bits per heavy atom. The second-order valence-corrected chi connectivity index (χ2v) is 4.89. The summed E-state index contributed by atoms with van der Waals surface area (Å²) in [6, 6.07) is 10.2. The molecule has 2 aromatic rings. The van der Waals surface area contributed by atoms with E-state index in [9.17, 15) is 4.79 Å². The Balaban J connectivity index is 1.75. The van der Waals surface area contributed by atoms with Crippen molar-refractivity contribution in [1.29, 1.82) is 0 Å². The van der Waals surface area contributed by atoms with Gasteiger partial charge < -0.3 is 10.6 Å². The lowest BCUT2D eigenvalue weighted by Gasteiger charge is -2.26. The molecule has 2 heterocycles. The van der Waals surface area contributed by atoms with E-state index < -0.39 is 0 Å². The third kappa shape index (κ3) is 2.76. The largest absolute Gasteiger partial charge is 0.382 e. The second kappa shape index (κ2) is 5.75. The molecule has 0 bridgehead atoms. The van der Waals surface area contributed by atoms with Gasteiger partial charge >= 0.3 is 0 Å². The van der Waals surface area contributed by atoms with Crippen molar-refractivity contribution in [3.63, 3.8) is 0 Å². The van der Waals surface area contributed by atoms with Gasteiger partial charge in [-0.15, -0.1) is 0 Å². The first-order valence-electron chi connectivity index (χ1n) is 6.86. The zero-order chi connectivity index (χ0) is 14.7. The lowest BCUT2D eigenvalue weighted by atomic mass is 9.99. The number of benzene rings is 1. The Hall–Kier alpha value is -2.69. The maximum atomic E-state index is 12.4. The Kier molecular flexibility index (Phi) is 3.64. The van der Waals surface area contributed by atoms with Crippen LogP contribution in [0.15, 0.2) is 48.8 Å². The number of aromatic nitrogens is 2. The fourth-order valence-corrected chi connectivity index (χ4v) is 2.43. The van der Waals surface area contributed by atoms with Crippen molar-refractivity contribution in [2.75, 3.05) is 18.8 Å². The van der Waals surface area contributed by atoms with Crippen LogP contribution in [-0.2, 0) is 0 Å². The summed E-state index contributed by atoms with van der Waals surface area (Å²) in [6.07, 6.45) is 5.88. The van der Waals surface area contributed by atoms with Crippen molar-refractivity contribution in [1.82, 2.24) is 14.9 Å². The fourth-order valence-electron chi connectivity index (χ4n) is 2.43. The van der Waals surface area contributed by atoms with E-state index in [0.717, 1.165) is 6.42 Å². The third-order valence-electron chi connectivity index (χ3n) is 3.57. The van der Waals surface area contributed by atoms with Gasteiger partial charge in [-0.2, -0.15) is 0 Å². The summed E-state index contributed by atoms with van der Waals surface area (Å²) in [5.41, 5.74) is 8.42.